The van der Waals surface area contributed by atoms with E-state index in [0.29, 0.717) is 12.1 Å². The van der Waals surface area contributed by atoms with Crippen LogP contribution in [0.15, 0.2) is 10.6 Å². The zero-order valence-electron chi connectivity index (χ0n) is 9.20. The van der Waals surface area contributed by atoms with Crippen LogP contribution in [0.4, 0.5) is 0 Å². The molecule has 3 N–H and O–H groups in total. The number of aryl methyl sites for hydroxylation is 1. The Kier molecular flexibility index (Phi) is 3.38. The van der Waals surface area contributed by atoms with Gasteiger partial charge in [0.2, 0.25) is 0 Å². The molecule has 0 aliphatic heterocycles. The average molecular weight is 209 g/mol. The predicted octanol–water partition coefficient (Wildman–Crippen LogP) is 1.34. The van der Waals surface area contributed by atoms with Crippen LogP contribution in [0.3, 0.4) is 0 Å². The fraction of sp³-hybridized carbons (Fsp3) is 0.727. The molecule has 1 heterocycles. The second kappa shape index (κ2) is 4.77. The van der Waals surface area contributed by atoms with Crippen LogP contribution in [-0.2, 0) is 6.54 Å². The van der Waals surface area contributed by atoms with Crippen LogP contribution in [0.2, 0.25) is 0 Å². The number of hydrogen-bond acceptors (Lipinski definition) is 4. The lowest BCUT2D eigenvalue weighted by molar-refractivity contribution is 0.332. The molecule has 2 atom stereocenters. The third-order valence-corrected chi connectivity index (χ3v) is 2.96. The zero-order chi connectivity index (χ0) is 10.7. The predicted molar refractivity (Wildman–Crippen MR) is 58.3 cm³/mol. The van der Waals surface area contributed by atoms with Crippen molar-refractivity contribution in [2.24, 2.45) is 5.73 Å². The van der Waals surface area contributed by atoms with E-state index in [1.165, 1.54) is 19.3 Å². The first-order valence-electron chi connectivity index (χ1n) is 5.65. The lowest BCUT2D eigenvalue weighted by atomic mass is 9.91. The highest BCUT2D eigenvalue weighted by molar-refractivity contribution is 5.03. The summed E-state index contributed by atoms with van der Waals surface area (Å²) < 4.78 is 5.01. The number of nitrogens with one attached hydrogen (secondary N) is 1. The number of hydrogen-bond donors (Lipinski definition) is 2. The van der Waals surface area contributed by atoms with Gasteiger partial charge in [0.1, 0.15) is 5.76 Å². The molecule has 1 fully saturated rings. The molecule has 0 aromatic carbocycles. The van der Waals surface area contributed by atoms with E-state index < -0.39 is 0 Å². The van der Waals surface area contributed by atoms with Gasteiger partial charge in [-0.2, -0.15) is 0 Å². The zero-order valence-corrected chi connectivity index (χ0v) is 9.20. The smallest absolute Gasteiger partial charge is 0.133 e. The molecule has 0 saturated heterocycles. The summed E-state index contributed by atoms with van der Waals surface area (Å²) >= 11 is 0. The lowest BCUT2D eigenvalue weighted by Gasteiger charge is -2.27. The monoisotopic (exact) mass is 209 g/mol. The highest BCUT2D eigenvalue weighted by Gasteiger charge is 2.18. The molecule has 4 nitrogen and oxygen atoms in total. The van der Waals surface area contributed by atoms with E-state index >= 15 is 0 Å². The van der Waals surface area contributed by atoms with Gasteiger partial charge in [-0.25, -0.2) is 0 Å². The minimum absolute atomic E-state index is 0.371. The topological polar surface area (TPSA) is 64.1 Å². The van der Waals surface area contributed by atoms with Gasteiger partial charge in [-0.15, -0.1) is 0 Å². The first-order chi connectivity index (χ1) is 7.24. The molecule has 0 spiro atoms. The largest absolute Gasteiger partial charge is 0.361 e. The first kappa shape index (κ1) is 10.6. The number of nitrogens with two attached hydrogens (primary N) is 1. The van der Waals surface area contributed by atoms with Gasteiger partial charge in [0, 0.05) is 24.7 Å². The molecule has 2 rings (SSSR count). The Morgan fingerprint density at radius 3 is 3.13 bits per heavy atom. The molecule has 1 aromatic rings. The van der Waals surface area contributed by atoms with Crippen LogP contribution < -0.4 is 11.1 Å². The second-order valence-electron chi connectivity index (χ2n) is 4.43. The third kappa shape index (κ3) is 3.04. The molecular formula is C11H19N3O. The maximum atomic E-state index is 5.92. The van der Waals surface area contributed by atoms with Gasteiger partial charge < -0.3 is 15.6 Å². The van der Waals surface area contributed by atoms with Gasteiger partial charge in [-0.05, 0) is 26.2 Å². The maximum Gasteiger partial charge on any atom is 0.133 e. The van der Waals surface area contributed by atoms with Gasteiger partial charge in [0.25, 0.3) is 0 Å². The van der Waals surface area contributed by atoms with Crippen LogP contribution in [0.5, 0.6) is 0 Å². The molecule has 1 aliphatic carbocycles. The van der Waals surface area contributed by atoms with Gasteiger partial charge >= 0.3 is 0 Å². The number of rotatable bonds is 3. The fourth-order valence-electron chi connectivity index (χ4n) is 2.16. The van der Waals surface area contributed by atoms with Gasteiger partial charge in [0.05, 0.1) is 5.69 Å². The van der Waals surface area contributed by atoms with E-state index in [1.807, 2.05) is 13.0 Å². The Bertz CT molecular complexity index is 311. The quantitative estimate of drug-likeness (QED) is 0.788. The maximum absolute atomic E-state index is 5.92. The summed E-state index contributed by atoms with van der Waals surface area (Å²) in [5.74, 6) is 0.868. The van der Waals surface area contributed by atoms with Crippen molar-refractivity contribution in [3.63, 3.8) is 0 Å². The summed E-state index contributed by atoms with van der Waals surface area (Å²) in [4.78, 5) is 0. The summed E-state index contributed by atoms with van der Waals surface area (Å²) in [5.41, 5.74) is 6.90. The summed E-state index contributed by atoms with van der Waals surface area (Å²) in [5, 5.41) is 7.43. The number of aromatic nitrogens is 1. The van der Waals surface area contributed by atoms with Crippen molar-refractivity contribution < 1.29 is 4.52 Å². The molecule has 1 aromatic heterocycles. The molecule has 15 heavy (non-hydrogen) atoms. The molecule has 0 bridgehead atoms. The average Bonchev–Trinajstić information content (AvgIpc) is 2.62. The van der Waals surface area contributed by atoms with E-state index in [0.717, 1.165) is 24.4 Å². The van der Waals surface area contributed by atoms with Gasteiger partial charge in [-0.1, -0.05) is 11.6 Å². The minimum atomic E-state index is 0.371. The van der Waals surface area contributed by atoms with E-state index in [4.69, 9.17) is 10.3 Å². The van der Waals surface area contributed by atoms with Gasteiger partial charge in [0.15, 0.2) is 0 Å². The van der Waals surface area contributed by atoms with E-state index in [-0.39, 0.29) is 0 Å². The van der Waals surface area contributed by atoms with Crippen LogP contribution in [0.1, 0.15) is 37.1 Å². The lowest BCUT2D eigenvalue weighted by Crippen LogP contribution is -2.39. The van der Waals surface area contributed by atoms with Crippen LogP contribution in [0, 0.1) is 6.92 Å². The van der Waals surface area contributed by atoms with Crippen LogP contribution in [-0.4, -0.2) is 17.2 Å². The highest BCUT2D eigenvalue weighted by Crippen LogP contribution is 2.17. The number of nitrogens with zero attached hydrogens (tertiary/aromatic N) is 1. The summed E-state index contributed by atoms with van der Waals surface area (Å²) in [6.45, 7) is 2.70. The molecule has 2 unspecified atom stereocenters. The van der Waals surface area contributed by atoms with Crippen molar-refractivity contribution in [2.75, 3.05) is 0 Å². The summed E-state index contributed by atoms with van der Waals surface area (Å²) in [6.07, 6.45) is 4.71. The fourth-order valence-corrected chi connectivity index (χ4v) is 2.16. The Balaban J connectivity index is 1.77. The van der Waals surface area contributed by atoms with Crippen molar-refractivity contribution in [2.45, 2.75) is 51.2 Å². The second-order valence-corrected chi connectivity index (χ2v) is 4.43. The van der Waals surface area contributed by atoms with Crippen molar-refractivity contribution in [1.82, 2.24) is 10.5 Å². The molecular weight excluding hydrogens is 190 g/mol. The van der Waals surface area contributed by atoms with E-state index in [9.17, 15) is 0 Å². The Morgan fingerprint density at radius 1 is 1.60 bits per heavy atom. The normalized spacial score (nSPS) is 26.8. The summed E-state index contributed by atoms with van der Waals surface area (Å²) in [6, 6.07) is 2.89. The molecule has 0 amide bonds. The highest BCUT2D eigenvalue weighted by atomic mass is 16.5. The molecule has 0 radical (unpaired) electrons. The van der Waals surface area contributed by atoms with Crippen LogP contribution >= 0.6 is 0 Å². The molecule has 1 saturated carbocycles. The van der Waals surface area contributed by atoms with Crippen molar-refractivity contribution >= 4 is 0 Å². The Morgan fingerprint density at radius 2 is 2.47 bits per heavy atom. The Labute approximate surface area is 90.2 Å². The molecule has 1 aliphatic rings. The van der Waals surface area contributed by atoms with Crippen molar-refractivity contribution in [1.29, 1.82) is 0 Å². The van der Waals surface area contributed by atoms with E-state index in [2.05, 4.69) is 10.5 Å². The van der Waals surface area contributed by atoms with Crippen molar-refractivity contribution in [3.8, 4) is 0 Å². The third-order valence-electron chi connectivity index (χ3n) is 2.96. The first-order valence-corrected chi connectivity index (χ1v) is 5.65. The molecule has 84 valence electrons. The van der Waals surface area contributed by atoms with Gasteiger partial charge in [-0.3, -0.25) is 0 Å². The van der Waals surface area contributed by atoms with Crippen molar-refractivity contribution in [3.05, 3.63) is 17.5 Å². The van der Waals surface area contributed by atoms with E-state index in [1.54, 1.807) is 0 Å². The Hall–Kier alpha value is -0.870. The SMILES string of the molecule is Cc1cc(CNC2CCCC(N)C2)no1. The summed E-state index contributed by atoms with van der Waals surface area (Å²) in [7, 11) is 0. The molecule has 4 heteroatoms. The minimum Gasteiger partial charge on any atom is -0.361 e. The van der Waals surface area contributed by atoms with Crippen LogP contribution in [0.25, 0.3) is 0 Å². The standard InChI is InChI=1S/C11H19N3O/c1-8-5-11(14-15-8)7-13-10-4-2-3-9(12)6-10/h5,9-10,13H,2-4,6-7,12H2,1H3.